The minimum atomic E-state index is -4.41. The molecule has 1 fully saturated rings. The van der Waals surface area contributed by atoms with Crippen molar-refractivity contribution in [3.8, 4) is 5.75 Å². The summed E-state index contributed by atoms with van der Waals surface area (Å²) in [6, 6.07) is 11.3. The van der Waals surface area contributed by atoms with E-state index >= 15 is 4.39 Å². The Kier molecular flexibility index (Phi) is 8.84. The highest BCUT2D eigenvalue weighted by atomic mass is 31.2. The van der Waals surface area contributed by atoms with E-state index in [-0.39, 0.29) is 29.5 Å². The summed E-state index contributed by atoms with van der Waals surface area (Å²) in [6.07, 6.45) is -1.65. The second kappa shape index (κ2) is 12.4. The number of carbonyl (C=O) groups is 2. The van der Waals surface area contributed by atoms with Crippen molar-refractivity contribution in [2.45, 2.75) is 57.7 Å². The highest BCUT2D eigenvalue weighted by molar-refractivity contribution is 7.52. The lowest BCUT2D eigenvalue weighted by atomic mass is 9.93. The molecule has 0 bridgehead atoms. The number of ether oxygens (including phenoxy) is 3. The molecule has 0 amide bonds. The number of nitrogens with zero attached hydrogens (tertiary/aromatic N) is 4. The Balaban J connectivity index is 1.46. The number of carbonyl (C=O) groups excluding carboxylic acids is 2. The maximum Gasteiger partial charge on any atom is 0.459 e. The molecular formula is C28H32FN6O8P. The first-order valence-electron chi connectivity index (χ1n) is 13.8. The van der Waals surface area contributed by atoms with Crippen molar-refractivity contribution < 1.29 is 41.8 Å². The van der Waals surface area contributed by atoms with E-state index in [9.17, 15) is 14.2 Å². The average Bonchev–Trinajstić information content (AvgIpc) is 3.51. The number of nitrogens with one attached hydrogen (secondary N) is 1. The van der Waals surface area contributed by atoms with Gasteiger partial charge in [0.2, 0.25) is 0 Å². The minimum Gasteiger partial charge on any atom is -0.465 e. The van der Waals surface area contributed by atoms with Crippen LogP contribution in [0.1, 0.15) is 39.5 Å². The maximum absolute atomic E-state index is 16.5. The molecule has 16 heteroatoms. The van der Waals surface area contributed by atoms with Crippen molar-refractivity contribution in [3.05, 3.63) is 60.7 Å². The number of nitrogens with two attached hydrogens (primary N) is 1. The van der Waals surface area contributed by atoms with Crippen molar-refractivity contribution in [1.82, 2.24) is 24.7 Å². The van der Waals surface area contributed by atoms with Crippen LogP contribution < -0.4 is 15.3 Å². The van der Waals surface area contributed by atoms with Gasteiger partial charge in [-0.1, -0.05) is 36.4 Å². The molecule has 0 aliphatic carbocycles. The van der Waals surface area contributed by atoms with Gasteiger partial charge in [0.1, 0.15) is 30.3 Å². The highest BCUT2D eigenvalue weighted by Crippen LogP contribution is 2.50. The topological polar surface area (TPSA) is 178 Å². The molecule has 0 radical (unpaired) electrons. The third kappa shape index (κ3) is 6.22. The van der Waals surface area contributed by atoms with Crippen molar-refractivity contribution >= 4 is 41.9 Å². The monoisotopic (exact) mass is 630 g/mol. The van der Waals surface area contributed by atoms with Gasteiger partial charge in [-0.25, -0.2) is 23.4 Å². The summed E-state index contributed by atoms with van der Waals surface area (Å²) in [4.78, 5) is 32.5. The van der Waals surface area contributed by atoms with Gasteiger partial charge in [-0.2, -0.15) is 10.2 Å². The largest absolute Gasteiger partial charge is 0.465 e. The number of rotatable bonds is 11. The lowest BCUT2D eigenvalue weighted by Gasteiger charge is -2.27. The molecule has 1 saturated heterocycles. The molecule has 1 unspecified atom stereocenters. The van der Waals surface area contributed by atoms with Gasteiger partial charge in [0.05, 0.1) is 25.1 Å². The smallest absolute Gasteiger partial charge is 0.459 e. The summed E-state index contributed by atoms with van der Waals surface area (Å²) < 4.78 is 60.2. The summed E-state index contributed by atoms with van der Waals surface area (Å²) in [5.74, 6) is -1.20. The Bertz CT molecular complexity index is 1730. The second-order valence-corrected chi connectivity index (χ2v) is 12.0. The molecule has 3 heterocycles. The summed E-state index contributed by atoms with van der Waals surface area (Å²) in [7, 11) is -4.41. The van der Waals surface area contributed by atoms with E-state index in [4.69, 9.17) is 29.0 Å². The first-order chi connectivity index (χ1) is 20.9. The molecule has 234 valence electrons. The lowest BCUT2D eigenvalue weighted by Crippen LogP contribution is -2.43. The van der Waals surface area contributed by atoms with E-state index in [1.807, 2.05) is 18.2 Å². The fraction of sp³-hybridized carbons (Fsp3) is 0.393. The number of benzene rings is 2. The van der Waals surface area contributed by atoms with Crippen molar-refractivity contribution in [2.24, 2.45) is 0 Å². The molecule has 4 aromatic rings. The van der Waals surface area contributed by atoms with Gasteiger partial charge in [0.25, 0.3) is 0 Å². The second-order valence-electron chi connectivity index (χ2n) is 10.3. The molecule has 6 atom stereocenters. The first kappa shape index (κ1) is 31.3. The van der Waals surface area contributed by atoms with Crippen LogP contribution in [0.5, 0.6) is 5.75 Å². The number of halogens is 1. The Labute approximate surface area is 251 Å². The number of anilines is 1. The summed E-state index contributed by atoms with van der Waals surface area (Å²) in [5.41, 5.74) is 3.90. The van der Waals surface area contributed by atoms with Gasteiger partial charge in [-0.05, 0) is 32.2 Å². The fourth-order valence-electron chi connectivity index (χ4n) is 5.00. The van der Waals surface area contributed by atoms with Gasteiger partial charge in [0, 0.05) is 12.3 Å². The molecule has 3 N–H and O–H groups in total. The molecular weight excluding hydrogens is 598 g/mol. The highest BCUT2D eigenvalue weighted by Gasteiger charge is 2.59. The van der Waals surface area contributed by atoms with Gasteiger partial charge < -0.3 is 24.5 Å². The average molecular weight is 631 g/mol. The molecule has 5 rings (SSSR count). The van der Waals surface area contributed by atoms with Crippen LogP contribution in [-0.2, 0) is 32.9 Å². The predicted molar refractivity (Wildman–Crippen MR) is 155 cm³/mol. The minimum absolute atomic E-state index is 0.0644. The number of esters is 2. The van der Waals surface area contributed by atoms with Gasteiger partial charge >= 0.3 is 19.7 Å². The van der Waals surface area contributed by atoms with Crippen LogP contribution in [0.25, 0.3) is 16.4 Å². The van der Waals surface area contributed by atoms with Crippen LogP contribution in [0.3, 0.4) is 0 Å². The zero-order valence-corrected chi connectivity index (χ0v) is 25.3. The van der Waals surface area contributed by atoms with E-state index in [1.54, 1.807) is 31.2 Å². The van der Waals surface area contributed by atoms with Crippen molar-refractivity contribution in [2.75, 3.05) is 18.9 Å². The molecule has 14 nitrogen and oxygen atoms in total. The van der Waals surface area contributed by atoms with Gasteiger partial charge in [0.15, 0.2) is 23.2 Å². The molecule has 0 saturated carbocycles. The van der Waals surface area contributed by atoms with E-state index in [1.165, 1.54) is 30.9 Å². The normalized spacial score (nSPS) is 23.7. The molecule has 2 aromatic carbocycles. The first-order valence-corrected chi connectivity index (χ1v) is 15.3. The number of imidazole rings is 1. The summed E-state index contributed by atoms with van der Waals surface area (Å²) >= 11 is 0. The molecule has 44 heavy (non-hydrogen) atoms. The maximum atomic E-state index is 16.5. The number of fused-ring (bicyclic) bond motifs is 2. The zero-order chi connectivity index (χ0) is 31.6. The van der Waals surface area contributed by atoms with Crippen molar-refractivity contribution in [3.63, 3.8) is 0 Å². The van der Waals surface area contributed by atoms with E-state index in [2.05, 4.69) is 20.2 Å². The summed E-state index contributed by atoms with van der Waals surface area (Å²) in [6.45, 7) is 4.90. The lowest BCUT2D eigenvalue weighted by molar-refractivity contribution is -0.155. The fourth-order valence-corrected chi connectivity index (χ4v) is 6.52. The quantitative estimate of drug-likeness (QED) is 0.181. The van der Waals surface area contributed by atoms with Crippen LogP contribution in [0.15, 0.2) is 55.0 Å². The number of hydrogen-bond acceptors (Lipinski definition) is 12. The zero-order valence-electron chi connectivity index (χ0n) is 24.4. The molecule has 1 aliphatic rings. The van der Waals surface area contributed by atoms with Crippen LogP contribution in [0, 0.1) is 0 Å². The molecule has 1 aliphatic heterocycles. The summed E-state index contributed by atoms with van der Waals surface area (Å²) in [5, 5.41) is 8.13. The number of hydrogen-bond donors (Lipinski definition) is 2. The number of alkyl halides is 1. The standard InChI is InChI=1S/C28H32FN6O8P/c1-5-39-27(37)16(2)34-44(38,43-21-12-8-10-18-9-6-7-11-19(18)21)40-14-22-24(41-17(3)36)28(4,29)23(42-22)20-13-31-26-25(30)32-15-33-35(20)26/h6-13,15-16,22-24H,5,14H2,1-4H3,(H,34,38)(H2,30,32,33)/t16-,22+,23-,24+,28-,44?/m0/s1. The van der Waals surface area contributed by atoms with E-state index in [0.29, 0.717) is 5.39 Å². The third-order valence-electron chi connectivity index (χ3n) is 7.01. The van der Waals surface area contributed by atoms with Crippen molar-refractivity contribution in [1.29, 1.82) is 0 Å². The van der Waals surface area contributed by atoms with Crippen LogP contribution >= 0.6 is 7.75 Å². The SMILES string of the molecule is CCOC(=O)[C@H](C)NP(=O)(OC[C@H]1O[C@@H](c2cnc3c(N)ncnn23)[C@](C)(F)[C@@H]1OC(C)=O)Oc1cccc2ccccc12. The van der Waals surface area contributed by atoms with Gasteiger partial charge in [-0.3, -0.25) is 14.1 Å². The Morgan fingerprint density at radius 1 is 1.23 bits per heavy atom. The Morgan fingerprint density at radius 3 is 2.73 bits per heavy atom. The third-order valence-corrected chi connectivity index (χ3v) is 8.63. The Morgan fingerprint density at radius 2 is 1.98 bits per heavy atom. The predicted octanol–water partition coefficient (Wildman–Crippen LogP) is 3.70. The van der Waals surface area contributed by atoms with Crippen LogP contribution in [0.2, 0.25) is 0 Å². The van der Waals surface area contributed by atoms with Gasteiger partial charge in [-0.15, -0.1) is 0 Å². The number of nitrogen functional groups attached to an aromatic ring is 1. The number of aromatic nitrogens is 4. The Hall–Kier alpha value is -4.17. The van der Waals surface area contributed by atoms with E-state index in [0.717, 1.165) is 12.3 Å². The molecule has 2 aromatic heterocycles. The van der Waals surface area contributed by atoms with Crippen LogP contribution in [0.4, 0.5) is 10.2 Å². The van der Waals surface area contributed by atoms with E-state index < -0.39 is 56.3 Å². The van der Waals surface area contributed by atoms with Crippen LogP contribution in [-0.4, -0.2) is 68.7 Å². The molecule has 0 spiro atoms.